The lowest BCUT2D eigenvalue weighted by Crippen LogP contribution is -2.15. The van der Waals surface area contributed by atoms with Crippen molar-refractivity contribution < 1.29 is 9.53 Å². The van der Waals surface area contributed by atoms with Crippen molar-refractivity contribution in [1.29, 1.82) is 0 Å². The molecule has 0 saturated carbocycles. The monoisotopic (exact) mass is 327 g/mol. The van der Waals surface area contributed by atoms with Crippen LogP contribution in [0.1, 0.15) is 42.9 Å². The Balaban J connectivity index is 2.67. The Morgan fingerprint density at radius 3 is 2.48 bits per heavy atom. The van der Waals surface area contributed by atoms with Gasteiger partial charge in [0, 0.05) is 0 Å². The van der Waals surface area contributed by atoms with Crippen LogP contribution in [0.2, 0.25) is 10.0 Å². The van der Waals surface area contributed by atoms with Crippen molar-refractivity contribution >= 4 is 29.2 Å². The molecule has 2 rings (SSSR count). The number of esters is 1. The van der Waals surface area contributed by atoms with E-state index in [1.807, 2.05) is 13.8 Å². The third-order valence-electron chi connectivity index (χ3n) is 2.86. The van der Waals surface area contributed by atoms with E-state index < -0.39 is 5.97 Å². The molecule has 0 radical (unpaired) electrons. The first kappa shape index (κ1) is 15.8. The fourth-order valence-electron chi connectivity index (χ4n) is 1.92. The molecular formula is C14H15Cl2N3O2. The molecule has 7 heteroatoms. The molecule has 0 aliphatic heterocycles. The van der Waals surface area contributed by atoms with Crippen LogP contribution in [0, 0.1) is 0 Å². The van der Waals surface area contributed by atoms with Gasteiger partial charge in [0.2, 0.25) is 0 Å². The van der Waals surface area contributed by atoms with Gasteiger partial charge in [-0.25, -0.2) is 9.48 Å². The Hall–Kier alpha value is -1.59. The summed E-state index contributed by atoms with van der Waals surface area (Å²) in [7, 11) is 0. The van der Waals surface area contributed by atoms with Crippen molar-refractivity contribution in [1.82, 2.24) is 15.0 Å². The van der Waals surface area contributed by atoms with Crippen LogP contribution < -0.4 is 0 Å². The van der Waals surface area contributed by atoms with E-state index in [1.165, 1.54) is 4.68 Å². The molecule has 0 aliphatic carbocycles. The Morgan fingerprint density at radius 2 is 1.95 bits per heavy atom. The van der Waals surface area contributed by atoms with Crippen LogP contribution in [0.4, 0.5) is 0 Å². The summed E-state index contributed by atoms with van der Waals surface area (Å²) in [6.45, 7) is 5.85. The highest BCUT2D eigenvalue weighted by Crippen LogP contribution is 2.30. The van der Waals surface area contributed by atoms with Crippen molar-refractivity contribution in [3.05, 3.63) is 39.6 Å². The minimum atomic E-state index is -0.498. The van der Waals surface area contributed by atoms with Gasteiger partial charge in [-0.3, -0.25) is 0 Å². The maximum atomic E-state index is 12.2. The maximum Gasteiger partial charge on any atom is 0.359 e. The summed E-state index contributed by atoms with van der Waals surface area (Å²) in [4.78, 5) is 12.2. The SMILES string of the molecule is CCOC(=O)c1c(C(C)C)nnn1-c1c(Cl)cccc1Cl. The van der Waals surface area contributed by atoms with E-state index in [2.05, 4.69) is 10.3 Å². The molecule has 0 fully saturated rings. The Morgan fingerprint density at radius 1 is 1.33 bits per heavy atom. The van der Waals surface area contributed by atoms with E-state index in [0.29, 0.717) is 21.4 Å². The number of nitrogens with zero attached hydrogens (tertiary/aromatic N) is 3. The van der Waals surface area contributed by atoms with Crippen LogP contribution in [0.3, 0.4) is 0 Å². The van der Waals surface area contributed by atoms with Crippen molar-refractivity contribution in [3.63, 3.8) is 0 Å². The van der Waals surface area contributed by atoms with Gasteiger partial charge in [-0.1, -0.05) is 48.3 Å². The molecular weight excluding hydrogens is 313 g/mol. The first-order valence-corrected chi connectivity index (χ1v) is 7.30. The van der Waals surface area contributed by atoms with Crippen LogP contribution in [0.15, 0.2) is 18.2 Å². The molecule has 0 atom stereocenters. The van der Waals surface area contributed by atoms with Gasteiger partial charge in [0.15, 0.2) is 5.69 Å². The summed E-state index contributed by atoms with van der Waals surface area (Å²) in [5, 5.41) is 8.87. The highest BCUT2D eigenvalue weighted by molar-refractivity contribution is 6.37. The molecule has 1 aromatic carbocycles. The number of ether oxygens (including phenoxy) is 1. The molecule has 0 saturated heterocycles. The largest absolute Gasteiger partial charge is 0.461 e. The van der Waals surface area contributed by atoms with E-state index in [1.54, 1.807) is 25.1 Å². The van der Waals surface area contributed by atoms with Gasteiger partial charge in [0.05, 0.1) is 16.7 Å². The molecule has 112 valence electrons. The second kappa shape index (κ2) is 6.45. The number of aromatic nitrogens is 3. The molecule has 5 nitrogen and oxygen atoms in total. The highest BCUT2D eigenvalue weighted by atomic mass is 35.5. The third-order valence-corrected chi connectivity index (χ3v) is 3.47. The van der Waals surface area contributed by atoms with E-state index >= 15 is 0 Å². The lowest BCUT2D eigenvalue weighted by molar-refractivity contribution is 0.0514. The Bertz CT molecular complexity index is 648. The van der Waals surface area contributed by atoms with Crippen LogP contribution >= 0.6 is 23.2 Å². The number of benzene rings is 1. The Labute approximate surface area is 132 Å². The van der Waals surface area contributed by atoms with Crippen molar-refractivity contribution in [2.45, 2.75) is 26.7 Å². The fourth-order valence-corrected chi connectivity index (χ4v) is 2.48. The summed E-state index contributed by atoms with van der Waals surface area (Å²) >= 11 is 12.4. The molecule has 0 aliphatic rings. The van der Waals surface area contributed by atoms with Crippen LogP contribution in [-0.4, -0.2) is 27.6 Å². The van der Waals surface area contributed by atoms with E-state index in [-0.39, 0.29) is 18.2 Å². The van der Waals surface area contributed by atoms with Gasteiger partial charge in [0.25, 0.3) is 0 Å². The summed E-state index contributed by atoms with van der Waals surface area (Å²) < 4.78 is 6.44. The first-order chi connectivity index (χ1) is 9.97. The first-order valence-electron chi connectivity index (χ1n) is 6.54. The summed E-state index contributed by atoms with van der Waals surface area (Å²) in [5.41, 5.74) is 1.22. The molecule has 2 aromatic rings. The molecule has 21 heavy (non-hydrogen) atoms. The van der Waals surface area contributed by atoms with Gasteiger partial charge < -0.3 is 4.74 Å². The fraction of sp³-hybridized carbons (Fsp3) is 0.357. The molecule has 1 heterocycles. The van der Waals surface area contributed by atoms with Crippen molar-refractivity contribution in [2.24, 2.45) is 0 Å². The number of halogens is 2. The maximum absolute atomic E-state index is 12.2. The van der Waals surface area contributed by atoms with Crippen LogP contribution in [0.5, 0.6) is 0 Å². The third kappa shape index (κ3) is 3.04. The van der Waals surface area contributed by atoms with Gasteiger partial charge in [0.1, 0.15) is 11.4 Å². The highest BCUT2D eigenvalue weighted by Gasteiger charge is 2.26. The van der Waals surface area contributed by atoms with Gasteiger partial charge in [-0.15, -0.1) is 5.10 Å². The number of rotatable bonds is 4. The van der Waals surface area contributed by atoms with Gasteiger partial charge in [-0.2, -0.15) is 0 Å². The minimum Gasteiger partial charge on any atom is -0.461 e. The van der Waals surface area contributed by atoms with Crippen molar-refractivity contribution in [2.75, 3.05) is 6.61 Å². The predicted molar refractivity (Wildman–Crippen MR) is 81.4 cm³/mol. The number of carbonyl (C=O) groups excluding carboxylic acids is 1. The topological polar surface area (TPSA) is 57.0 Å². The second-order valence-electron chi connectivity index (χ2n) is 4.68. The zero-order chi connectivity index (χ0) is 15.6. The molecule has 1 aromatic heterocycles. The zero-order valence-electron chi connectivity index (χ0n) is 11.9. The van der Waals surface area contributed by atoms with E-state index in [9.17, 15) is 4.79 Å². The van der Waals surface area contributed by atoms with E-state index in [0.717, 1.165) is 0 Å². The van der Waals surface area contributed by atoms with Crippen LogP contribution in [0.25, 0.3) is 5.69 Å². The predicted octanol–water partition coefficient (Wildman–Crippen LogP) is 3.87. The molecule has 0 amide bonds. The normalized spacial score (nSPS) is 11.0. The summed E-state index contributed by atoms with van der Waals surface area (Å²) in [6, 6.07) is 5.07. The van der Waals surface area contributed by atoms with Gasteiger partial charge >= 0.3 is 5.97 Å². The number of hydrogen-bond donors (Lipinski definition) is 0. The Kier molecular flexibility index (Phi) is 4.85. The number of carbonyl (C=O) groups is 1. The van der Waals surface area contributed by atoms with Gasteiger partial charge in [-0.05, 0) is 25.0 Å². The lowest BCUT2D eigenvalue weighted by atomic mass is 10.1. The number of hydrogen-bond acceptors (Lipinski definition) is 4. The average Bonchev–Trinajstić information content (AvgIpc) is 2.83. The number of para-hydroxylation sites is 1. The minimum absolute atomic E-state index is 0.0134. The second-order valence-corrected chi connectivity index (χ2v) is 5.49. The summed E-state index contributed by atoms with van der Waals surface area (Å²) in [6.07, 6.45) is 0. The molecule has 0 spiro atoms. The quantitative estimate of drug-likeness (QED) is 0.800. The standard InChI is InChI=1S/C14H15Cl2N3O2/c1-4-21-14(20)13-11(8(2)3)17-18-19(13)12-9(15)6-5-7-10(12)16/h5-8H,4H2,1-3H3. The lowest BCUT2D eigenvalue weighted by Gasteiger charge is -2.11. The summed E-state index contributed by atoms with van der Waals surface area (Å²) in [5.74, 6) is -0.485. The van der Waals surface area contributed by atoms with Crippen molar-refractivity contribution in [3.8, 4) is 5.69 Å². The zero-order valence-corrected chi connectivity index (χ0v) is 13.4. The van der Waals surface area contributed by atoms with E-state index in [4.69, 9.17) is 27.9 Å². The molecule has 0 unspecified atom stereocenters. The molecule has 0 N–H and O–H groups in total. The average molecular weight is 328 g/mol. The smallest absolute Gasteiger partial charge is 0.359 e. The molecule has 0 bridgehead atoms. The van der Waals surface area contributed by atoms with Crippen LogP contribution in [-0.2, 0) is 4.74 Å².